The second-order valence-electron chi connectivity index (χ2n) is 26.4. The molecule has 6 aromatic heterocycles. The van der Waals surface area contributed by atoms with Gasteiger partial charge in [-0.25, -0.2) is 9.97 Å². The van der Waals surface area contributed by atoms with Gasteiger partial charge >= 0.3 is 7.12 Å². The molecule has 16 nitrogen and oxygen atoms in total. The van der Waals surface area contributed by atoms with Gasteiger partial charge in [-0.05, 0) is 211 Å². The van der Waals surface area contributed by atoms with Crippen molar-refractivity contribution in [1.82, 2.24) is 39.9 Å². The maximum absolute atomic E-state index is 5.90. The molecule has 0 amide bonds. The summed E-state index contributed by atoms with van der Waals surface area (Å²) < 4.78 is 36.1. The topological polar surface area (TPSA) is 171 Å². The average molecular weight is 1360 g/mol. The fourth-order valence-electron chi connectivity index (χ4n) is 14.0. The molecule has 0 spiro atoms. The number of piperidine rings is 2. The third-order valence-electron chi connectivity index (χ3n) is 19.7. The Hall–Kier alpha value is -7.37. The van der Waals surface area contributed by atoms with Gasteiger partial charge in [0.15, 0.2) is 0 Å². The van der Waals surface area contributed by atoms with Gasteiger partial charge in [-0.3, -0.25) is 9.97 Å². The minimum Gasteiger partial charge on any atom is -0.496 e. The van der Waals surface area contributed by atoms with Gasteiger partial charge in [-0.15, -0.1) is 0 Å². The normalized spacial score (nSPS) is 17.4. The molecule has 0 radical (unpaired) electrons. The van der Waals surface area contributed by atoms with Crippen LogP contribution < -0.4 is 39.5 Å². The second-order valence-corrected chi connectivity index (χ2v) is 30.1. The maximum Gasteiger partial charge on any atom is 0.494 e. The number of hydrogen-bond donors (Lipinski definition) is 2. The monoisotopic (exact) mass is 1360 g/mol. The Balaban J connectivity index is 0.000000124. The molecule has 0 unspecified atom stereocenters. The van der Waals surface area contributed by atoms with Gasteiger partial charge in [0.05, 0.1) is 44.2 Å². The quantitative estimate of drug-likeness (QED) is 0.0778. The standard InChI is InChI=1S/C26H35O2P.C22H23N5O.C17H19BrN4O.C11H16BNO2/c1-27-23-17-11-18-24(28-2)26(23)22-16-9-10-19-25(22)29(20-12-5-3-6-13-20)21-14-7-4-8-15-21;1-2-28-21-20-19(25-22(26-21)27-12-4-3-5-13-27)17-14-16(6-7-18(17)24-20)15-8-10-23-11-9-15;1-2-23-16-15-14(12-10-11(18)6-7-13(12)19-15)20-17(21-16)22-8-4-3-5-9-22;1-10(2)11(3,4)15-12(14-10)9-5-7-13-8-6-9/h9-11,16-21H,3-8,12-15H2,1-2H3;6-11,14,24H,2-5,12-13H2,1H3;6-7,10,19H,2-5,8-9H2,1H3;5-8H,1-4H3. The van der Waals surface area contributed by atoms with Crippen molar-refractivity contribution in [1.29, 1.82) is 0 Å². The van der Waals surface area contributed by atoms with Gasteiger partial charge in [0.25, 0.3) is 0 Å². The van der Waals surface area contributed by atoms with Gasteiger partial charge in [0, 0.05) is 77.2 Å². The lowest BCUT2D eigenvalue weighted by Crippen LogP contribution is -2.41. The number of anilines is 2. The highest BCUT2D eigenvalue weighted by Gasteiger charge is 2.51. The van der Waals surface area contributed by atoms with E-state index in [2.05, 4.69) is 117 Å². The molecule has 3 saturated heterocycles. The summed E-state index contributed by atoms with van der Waals surface area (Å²) in [7, 11) is 3.08. The first kappa shape index (κ1) is 67.6. The van der Waals surface area contributed by atoms with Crippen LogP contribution in [0, 0.1) is 0 Å². The van der Waals surface area contributed by atoms with Crippen molar-refractivity contribution in [2.45, 2.75) is 167 Å². The van der Waals surface area contributed by atoms with Gasteiger partial charge < -0.3 is 48.0 Å². The van der Waals surface area contributed by atoms with E-state index in [-0.39, 0.29) is 26.2 Å². The maximum atomic E-state index is 5.90. The summed E-state index contributed by atoms with van der Waals surface area (Å²) in [5.74, 6) is 4.66. The molecule has 0 atom stereocenters. The Morgan fingerprint density at radius 1 is 0.537 bits per heavy atom. The number of halogens is 1. The number of nitrogens with zero attached hydrogens (tertiary/aromatic N) is 8. The van der Waals surface area contributed by atoms with Crippen LogP contribution in [-0.4, -0.2) is 123 Å². The van der Waals surface area contributed by atoms with E-state index in [1.165, 1.54) is 108 Å². The van der Waals surface area contributed by atoms with E-state index in [9.17, 15) is 0 Å². The van der Waals surface area contributed by atoms with Crippen molar-refractivity contribution in [3.05, 3.63) is 132 Å². The van der Waals surface area contributed by atoms with Crippen LogP contribution in [-0.2, 0) is 9.31 Å². The Labute approximate surface area is 570 Å². The number of hydrogen-bond acceptors (Lipinski definition) is 14. The van der Waals surface area contributed by atoms with E-state index >= 15 is 0 Å². The molecule has 2 saturated carbocycles. The van der Waals surface area contributed by atoms with Crippen molar-refractivity contribution in [3.63, 3.8) is 0 Å². The Morgan fingerprint density at radius 3 is 1.52 bits per heavy atom. The van der Waals surface area contributed by atoms with Crippen LogP contribution in [0.2, 0.25) is 0 Å². The molecule has 95 heavy (non-hydrogen) atoms. The smallest absolute Gasteiger partial charge is 0.494 e. The van der Waals surface area contributed by atoms with Gasteiger partial charge in [0.1, 0.15) is 33.6 Å². The Morgan fingerprint density at radius 2 is 1.01 bits per heavy atom. The number of aromatic nitrogens is 8. The molecule has 15 rings (SSSR count). The first-order valence-electron chi connectivity index (χ1n) is 34.7. The minimum absolute atomic E-state index is 0.182. The molecule has 19 heteroatoms. The molecule has 9 heterocycles. The lowest BCUT2D eigenvalue weighted by atomic mass is 9.80. The Kier molecular flexibility index (Phi) is 22.2. The summed E-state index contributed by atoms with van der Waals surface area (Å²) in [6.07, 6.45) is 28.6. The molecular weight excluding hydrogens is 1270 g/mol. The summed E-state index contributed by atoms with van der Waals surface area (Å²) in [6, 6.07) is 35.8. The molecule has 3 aliphatic heterocycles. The minimum atomic E-state index is -0.280. The van der Waals surface area contributed by atoms with Crippen LogP contribution in [0.15, 0.2) is 132 Å². The highest BCUT2D eigenvalue weighted by atomic mass is 79.9. The third-order valence-corrected chi connectivity index (χ3v) is 23.7. The second kappa shape index (κ2) is 31.2. The number of benzene rings is 4. The first-order chi connectivity index (χ1) is 46.3. The van der Waals surface area contributed by atoms with Gasteiger partial charge in [0.2, 0.25) is 23.7 Å². The van der Waals surface area contributed by atoms with Crippen molar-refractivity contribution in [2.75, 3.05) is 63.4 Å². The molecule has 4 aromatic carbocycles. The number of ether oxygens (including phenoxy) is 4. The van der Waals surface area contributed by atoms with E-state index in [0.717, 1.165) is 131 Å². The molecule has 498 valence electrons. The lowest BCUT2D eigenvalue weighted by Gasteiger charge is -2.39. The molecule has 0 bridgehead atoms. The van der Waals surface area contributed by atoms with Crippen LogP contribution in [0.1, 0.15) is 144 Å². The van der Waals surface area contributed by atoms with Crippen molar-refractivity contribution in [2.24, 2.45) is 0 Å². The number of aromatic amines is 2. The van der Waals surface area contributed by atoms with Crippen LogP contribution >= 0.6 is 23.9 Å². The molecular formula is C76H93BBrN10O6P. The number of pyridine rings is 2. The van der Waals surface area contributed by atoms with E-state index < -0.39 is 0 Å². The fraction of sp³-hybridized carbons (Fsp3) is 0.447. The van der Waals surface area contributed by atoms with E-state index in [4.69, 9.17) is 43.2 Å². The van der Waals surface area contributed by atoms with Gasteiger partial charge in [-0.1, -0.05) is 98.8 Å². The van der Waals surface area contributed by atoms with Crippen molar-refractivity contribution < 1.29 is 28.3 Å². The number of nitrogens with one attached hydrogen (secondary N) is 2. The summed E-state index contributed by atoms with van der Waals surface area (Å²) >= 11 is 3.55. The predicted octanol–water partition coefficient (Wildman–Crippen LogP) is 17.3. The van der Waals surface area contributed by atoms with Crippen molar-refractivity contribution in [3.8, 4) is 45.5 Å². The molecule has 2 aliphatic carbocycles. The summed E-state index contributed by atoms with van der Waals surface area (Å²) in [6.45, 7) is 17.4. The number of H-pyrrole nitrogens is 2. The van der Waals surface area contributed by atoms with Crippen LogP contribution in [0.3, 0.4) is 0 Å². The van der Waals surface area contributed by atoms with Gasteiger partial charge in [-0.2, -0.15) is 9.97 Å². The first-order valence-corrected chi connectivity index (χ1v) is 36.9. The van der Waals surface area contributed by atoms with Crippen LogP contribution in [0.25, 0.3) is 66.1 Å². The zero-order valence-corrected chi connectivity index (χ0v) is 59.2. The van der Waals surface area contributed by atoms with Crippen LogP contribution in [0.4, 0.5) is 11.9 Å². The number of rotatable bonds is 14. The summed E-state index contributed by atoms with van der Waals surface area (Å²) in [5.41, 5.74) is 12.7. The zero-order chi connectivity index (χ0) is 65.9. The van der Waals surface area contributed by atoms with Crippen molar-refractivity contribution >= 4 is 97.5 Å². The third kappa shape index (κ3) is 15.4. The highest BCUT2D eigenvalue weighted by Crippen LogP contribution is 2.57. The highest BCUT2D eigenvalue weighted by molar-refractivity contribution is 9.10. The predicted molar refractivity (Wildman–Crippen MR) is 393 cm³/mol. The molecule has 5 aliphatic rings. The average Bonchev–Trinajstić information content (AvgIpc) is 1.73. The lowest BCUT2D eigenvalue weighted by molar-refractivity contribution is 0.00578. The molecule has 2 N–H and O–H groups in total. The molecule has 10 aromatic rings. The van der Waals surface area contributed by atoms with E-state index in [0.29, 0.717) is 25.0 Å². The Bertz CT molecular complexity index is 4100. The summed E-state index contributed by atoms with van der Waals surface area (Å²) in [4.78, 5) is 38.7. The number of methoxy groups -OCH3 is 2. The fourth-order valence-corrected chi connectivity index (χ4v) is 18.3. The van der Waals surface area contributed by atoms with E-state index in [1.54, 1.807) is 31.9 Å². The van der Waals surface area contributed by atoms with Crippen LogP contribution in [0.5, 0.6) is 23.3 Å². The van der Waals surface area contributed by atoms with E-state index in [1.807, 2.05) is 90.3 Å². The number of fused-ring (bicyclic) bond motifs is 6. The SMILES string of the molecule is CC1(C)OB(c2ccncc2)OC1(C)C.CCOc1nc(N2CCCCC2)nc2c1[nH]c1ccc(-c3ccncc3)cc12.CCOc1nc(N2CCCCC2)nc2c1[nH]c1ccc(Br)cc12.COc1cccc(OC)c1-c1ccccc1P(C1CCCCC1)C1CCCCC1. The molecule has 5 fully saturated rings. The largest absolute Gasteiger partial charge is 0.496 e. The zero-order valence-electron chi connectivity index (χ0n) is 56.8. The summed E-state index contributed by atoms with van der Waals surface area (Å²) in [5, 5.41) is 3.77.